The van der Waals surface area contributed by atoms with Gasteiger partial charge in [0.15, 0.2) is 0 Å². The van der Waals surface area contributed by atoms with E-state index in [1.807, 2.05) is 30.3 Å². The molecule has 1 saturated heterocycles. The Balaban J connectivity index is 1.55. The first-order chi connectivity index (χ1) is 19.0. The van der Waals surface area contributed by atoms with Gasteiger partial charge in [0.1, 0.15) is 5.41 Å². The fraction of sp³-hybridized carbons (Fsp3) is 0.531. The van der Waals surface area contributed by atoms with Gasteiger partial charge in [0, 0.05) is 37.8 Å². The van der Waals surface area contributed by atoms with E-state index in [0.717, 1.165) is 60.7 Å². The molecule has 1 aliphatic heterocycles. The van der Waals surface area contributed by atoms with Crippen LogP contribution in [-0.2, 0) is 30.4 Å². The minimum atomic E-state index is -0.912. The number of esters is 1. The number of amides is 2. The van der Waals surface area contributed by atoms with Crippen molar-refractivity contribution in [2.45, 2.75) is 71.8 Å². The Bertz CT molecular complexity index is 1190. The van der Waals surface area contributed by atoms with Crippen molar-refractivity contribution >= 4 is 28.6 Å². The Morgan fingerprint density at radius 1 is 1.08 bits per heavy atom. The van der Waals surface area contributed by atoms with Crippen LogP contribution in [0.3, 0.4) is 0 Å². The lowest BCUT2D eigenvalue weighted by Crippen LogP contribution is -2.54. The number of carbonyl (C=O) groups excluding carboxylic acids is 3. The van der Waals surface area contributed by atoms with Crippen LogP contribution >= 0.6 is 0 Å². The number of piperidine rings is 1. The number of allylic oxidation sites excluding steroid dienone is 1. The summed E-state index contributed by atoms with van der Waals surface area (Å²) in [5.74, 6) is -1.16. The summed E-state index contributed by atoms with van der Waals surface area (Å²) >= 11 is 0. The average Bonchev–Trinajstić information content (AvgIpc) is 2.95. The number of nitrogens with zero attached hydrogens (tertiary/aromatic N) is 1. The number of rotatable bonds is 13. The third-order valence-electron chi connectivity index (χ3n) is 7.87. The fourth-order valence-electron chi connectivity index (χ4n) is 5.92. The molecule has 7 nitrogen and oxygen atoms in total. The summed E-state index contributed by atoms with van der Waals surface area (Å²) < 4.78 is 11.2. The van der Waals surface area contributed by atoms with Gasteiger partial charge in [-0.1, -0.05) is 61.9 Å². The molecule has 7 heteroatoms. The molecule has 1 heterocycles. The van der Waals surface area contributed by atoms with Crippen molar-refractivity contribution in [1.29, 1.82) is 0 Å². The molecule has 0 bridgehead atoms. The van der Waals surface area contributed by atoms with Crippen LogP contribution in [0.1, 0.15) is 70.8 Å². The molecule has 0 saturated carbocycles. The number of benzene rings is 2. The molecule has 0 radical (unpaired) electrons. The van der Waals surface area contributed by atoms with E-state index in [0.29, 0.717) is 32.5 Å². The van der Waals surface area contributed by atoms with Gasteiger partial charge in [-0.25, -0.2) is 0 Å². The van der Waals surface area contributed by atoms with Crippen molar-refractivity contribution in [3.63, 3.8) is 0 Å². The number of nitrogens with one attached hydrogen (secondary N) is 1. The number of hydrogen-bond donors (Lipinski definition) is 1. The summed E-state index contributed by atoms with van der Waals surface area (Å²) in [6, 6.07) is 14.2. The van der Waals surface area contributed by atoms with Crippen LogP contribution in [0.4, 0.5) is 0 Å². The Labute approximate surface area is 231 Å². The van der Waals surface area contributed by atoms with Crippen molar-refractivity contribution < 1.29 is 23.9 Å². The van der Waals surface area contributed by atoms with E-state index in [2.05, 4.69) is 30.4 Å². The van der Waals surface area contributed by atoms with Crippen LogP contribution in [0.5, 0.6) is 0 Å². The average molecular weight is 535 g/mol. The summed E-state index contributed by atoms with van der Waals surface area (Å²) in [6.07, 6.45) is 7.50. The van der Waals surface area contributed by atoms with Crippen LogP contribution in [0.25, 0.3) is 10.8 Å². The van der Waals surface area contributed by atoms with Crippen molar-refractivity contribution in [2.24, 2.45) is 11.3 Å². The maximum absolute atomic E-state index is 14.0. The molecule has 2 atom stereocenters. The molecule has 39 heavy (non-hydrogen) atoms. The standard InChI is InChI=1S/C32H42N2O5/c1-3-5-19-38-20-11-18-33-29(35)21-26-22-32(31(37)39-4-2)17-9-8-16-28(32)34(30(26)36)23-25-14-10-13-24-12-6-7-15-27(24)25/h6-7,10,12-16,26H,3-5,8-9,11,17-23H2,1-2H3,(H,33,35)/t26-,32-/m0/s1. The predicted octanol–water partition coefficient (Wildman–Crippen LogP) is 5.52. The molecule has 210 valence electrons. The molecule has 2 aromatic rings. The number of likely N-dealkylation sites (tertiary alicyclic amines) is 1. The molecule has 2 amide bonds. The lowest BCUT2D eigenvalue weighted by Gasteiger charge is -2.48. The van der Waals surface area contributed by atoms with E-state index in [-0.39, 0.29) is 30.8 Å². The number of fused-ring (bicyclic) bond motifs is 2. The largest absolute Gasteiger partial charge is 0.465 e. The molecule has 2 aromatic carbocycles. The molecular weight excluding hydrogens is 492 g/mol. The summed E-state index contributed by atoms with van der Waals surface area (Å²) in [5.41, 5.74) is 0.843. The smallest absolute Gasteiger partial charge is 0.318 e. The quantitative estimate of drug-likeness (QED) is 0.270. The summed E-state index contributed by atoms with van der Waals surface area (Å²) in [4.78, 5) is 42.2. The highest BCUT2D eigenvalue weighted by Gasteiger charge is 2.54. The van der Waals surface area contributed by atoms with Gasteiger partial charge in [0.05, 0.1) is 13.2 Å². The van der Waals surface area contributed by atoms with Gasteiger partial charge in [0.2, 0.25) is 11.8 Å². The van der Waals surface area contributed by atoms with E-state index in [1.165, 1.54) is 0 Å². The highest BCUT2D eigenvalue weighted by molar-refractivity contribution is 5.93. The summed E-state index contributed by atoms with van der Waals surface area (Å²) in [6.45, 7) is 6.38. The van der Waals surface area contributed by atoms with Crippen molar-refractivity contribution in [3.8, 4) is 0 Å². The molecule has 0 aromatic heterocycles. The zero-order valence-corrected chi connectivity index (χ0v) is 23.4. The number of unbranched alkanes of at least 4 members (excludes halogenated alkanes) is 1. The van der Waals surface area contributed by atoms with E-state index >= 15 is 0 Å². The predicted molar refractivity (Wildman–Crippen MR) is 152 cm³/mol. The molecule has 2 aliphatic rings. The van der Waals surface area contributed by atoms with E-state index < -0.39 is 11.3 Å². The fourth-order valence-corrected chi connectivity index (χ4v) is 5.92. The topological polar surface area (TPSA) is 84.9 Å². The second kappa shape index (κ2) is 13.7. The van der Waals surface area contributed by atoms with Gasteiger partial charge in [0.25, 0.3) is 0 Å². The molecule has 0 spiro atoms. The third kappa shape index (κ3) is 6.70. The monoisotopic (exact) mass is 534 g/mol. The molecule has 1 N–H and O–H groups in total. The van der Waals surface area contributed by atoms with Crippen LogP contribution in [0.2, 0.25) is 0 Å². The van der Waals surface area contributed by atoms with Gasteiger partial charge in [-0.3, -0.25) is 14.4 Å². The Kier molecular flexibility index (Phi) is 10.2. The Morgan fingerprint density at radius 3 is 2.69 bits per heavy atom. The number of ether oxygens (including phenoxy) is 2. The minimum absolute atomic E-state index is 0.0516. The van der Waals surface area contributed by atoms with E-state index in [1.54, 1.807) is 11.8 Å². The Morgan fingerprint density at radius 2 is 1.87 bits per heavy atom. The van der Waals surface area contributed by atoms with Crippen LogP contribution in [0, 0.1) is 11.3 Å². The molecule has 1 fully saturated rings. The van der Waals surface area contributed by atoms with Gasteiger partial charge in [-0.2, -0.15) is 0 Å². The normalized spacial score (nSPS) is 20.9. The van der Waals surface area contributed by atoms with Crippen molar-refractivity contribution in [1.82, 2.24) is 10.2 Å². The maximum Gasteiger partial charge on any atom is 0.318 e. The van der Waals surface area contributed by atoms with Crippen molar-refractivity contribution in [2.75, 3.05) is 26.4 Å². The van der Waals surface area contributed by atoms with E-state index in [4.69, 9.17) is 9.47 Å². The highest BCUT2D eigenvalue weighted by Crippen LogP contribution is 2.50. The summed E-state index contributed by atoms with van der Waals surface area (Å²) in [5, 5.41) is 5.12. The van der Waals surface area contributed by atoms with Crippen LogP contribution in [-0.4, -0.2) is 49.0 Å². The van der Waals surface area contributed by atoms with Gasteiger partial charge in [-0.15, -0.1) is 0 Å². The first-order valence-electron chi connectivity index (χ1n) is 14.5. The van der Waals surface area contributed by atoms with Gasteiger partial charge >= 0.3 is 5.97 Å². The lowest BCUT2D eigenvalue weighted by molar-refractivity contribution is -0.162. The number of carbonyl (C=O) groups is 3. The third-order valence-corrected chi connectivity index (χ3v) is 7.87. The molecule has 1 aliphatic carbocycles. The minimum Gasteiger partial charge on any atom is -0.465 e. The molecule has 0 unspecified atom stereocenters. The first-order valence-corrected chi connectivity index (χ1v) is 14.5. The lowest BCUT2D eigenvalue weighted by atomic mass is 9.66. The summed E-state index contributed by atoms with van der Waals surface area (Å²) in [7, 11) is 0. The van der Waals surface area contributed by atoms with Gasteiger partial charge in [-0.05, 0) is 61.8 Å². The zero-order valence-electron chi connectivity index (χ0n) is 23.4. The second-order valence-corrected chi connectivity index (χ2v) is 10.6. The zero-order chi connectivity index (χ0) is 27.7. The van der Waals surface area contributed by atoms with E-state index in [9.17, 15) is 14.4 Å². The van der Waals surface area contributed by atoms with Crippen molar-refractivity contribution in [3.05, 3.63) is 59.8 Å². The first kappa shape index (κ1) is 28.8. The molecule has 4 rings (SSSR count). The Hall–Kier alpha value is -3.19. The second-order valence-electron chi connectivity index (χ2n) is 10.6. The highest BCUT2D eigenvalue weighted by atomic mass is 16.5. The maximum atomic E-state index is 14.0. The number of hydrogen-bond acceptors (Lipinski definition) is 5. The molecular formula is C32H42N2O5. The van der Waals surface area contributed by atoms with Crippen LogP contribution in [0.15, 0.2) is 54.2 Å². The SMILES string of the molecule is CCCCOCCCNC(=O)C[C@H]1C[C@@]2(C(=O)OCC)CCCC=C2N(Cc2cccc3ccccc23)C1=O. The van der Waals surface area contributed by atoms with Crippen LogP contribution < -0.4 is 5.32 Å². The van der Waals surface area contributed by atoms with Gasteiger partial charge < -0.3 is 19.7 Å².